The van der Waals surface area contributed by atoms with Gasteiger partial charge in [-0.1, -0.05) is 54.0 Å². The van der Waals surface area contributed by atoms with Crippen LogP contribution in [0.4, 0.5) is 5.69 Å². The Balaban J connectivity index is 1.80. The SMILES string of the molecule is CC[C@@H](C)c1ccccc1NC(=O)CCCOc1cccc(Br)c1. The summed E-state index contributed by atoms with van der Waals surface area (Å²) in [6.07, 6.45) is 2.18. The summed E-state index contributed by atoms with van der Waals surface area (Å²) in [7, 11) is 0. The third kappa shape index (κ3) is 5.68. The van der Waals surface area contributed by atoms with Crippen LogP contribution < -0.4 is 10.1 Å². The average molecular weight is 390 g/mol. The van der Waals surface area contributed by atoms with Crippen LogP contribution in [0.3, 0.4) is 0 Å². The number of carbonyl (C=O) groups excluding carboxylic acids is 1. The molecule has 0 fully saturated rings. The van der Waals surface area contributed by atoms with Crippen LogP contribution >= 0.6 is 15.9 Å². The third-order valence-electron chi connectivity index (χ3n) is 3.99. The highest BCUT2D eigenvalue weighted by Crippen LogP contribution is 2.26. The van der Waals surface area contributed by atoms with Crippen molar-refractivity contribution in [3.05, 3.63) is 58.6 Å². The van der Waals surface area contributed by atoms with Gasteiger partial charge in [0.15, 0.2) is 0 Å². The first-order chi connectivity index (χ1) is 11.6. The van der Waals surface area contributed by atoms with Gasteiger partial charge in [0, 0.05) is 16.6 Å². The van der Waals surface area contributed by atoms with E-state index in [4.69, 9.17) is 4.74 Å². The Kier molecular flexibility index (Phi) is 7.32. The molecule has 0 spiro atoms. The van der Waals surface area contributed by atoms with Gasteiger partial charge in [-0.15, -0.1) is 0 Å². The van der Waals surface area contributed by atoms with Gasteiger partial charge in [0.1, 0.15) is 5.75 Å². The van der Waals surface area contributed by atoms with E-state index >= 15 is 0 Å². The van der Waals surface area contributed by atoms with Gasteiger partial charge in [-0.05, 0) is 48.6 Å². The summed E-state index contributed by atoms with van der Waals surface area (Å²) in [4.78, 5) is 12.2. The number of benzene rings is 2. The van der Waals surface area contributed by atoms with Crippen LogP contribution in [0, 0.1) is 0 Å². The minimum absolute atomic E-state index is 0.0311. The number of anilines is 1. The molecule has 0 saturated carbocycles. The van der Waals surface area contributed by atoms with Gasteiger partial charge < -0.3 is 10.1 Å². The summed E-state index contributed by atoms with van der Waals surface area (Å²) in [6, 6.07) is 15.7. The van der Waals surface area contributed by atoms with Crippen molar-refractivity contribution in [1.82, 2.24) is 0 Å². The summed E-state index contributed by atoms with van der Waals surface area (Å²) in [5, 5.41) is 3.03. The van der Waals surface area contributed by atoms with E-state index < -0.39 is 0 Å². The first-order valence-electron chi connectivity index (χ1n) is 8.37. The van der Waals surface area contributed by atoms with Crippen LogP contribution in [-0.4, -0.2) is 12.5 Å². The molecule has 1 atom stereocenters. The molecule has 0 bridgehead atoms. The average Bonchev–Trinajstić information content (AvgIpc) is 2.58. The van der Waals surface area contributed by atoms with E-state index in [9.17, 15) is 4.79 Å². The van der Waals surface area contributed by atoms with Gasteiger partial charge in [-0.3, -0.25) is 4.79 Å². The second-order valence-corrected chi connectivity index (χ2v) is 6.77. The minimum Gasteiger partial charge on any atom is -0.494 e. The van der Waals surface area contributed by atoms with Crippen molar-refractivity contribution in [1.29, 1.82) is 0 Å². The number of rotatable bonds is 8. The van der Waals surface area contributed by atoms with E-state index in [1.54, 1.807) is 0 Å². The fourth-order valence-corrected chi connectivity index (χ4v) is 2.83. The Hall–Kier alpha value is -1.81. The fourth-order valence-electron chi connectivity index (χ4n) is 2.45. The van der Waals surface area contributed by atoms with Gasteiger partial charge in [0.25, 0.3) is 0 Å². The maximum atomic E-state index is 12.2. The molecular formula is C20H24BrNO2. The number of carbonyl (C=O) groups is 1. The minimum atomic E-state index is 0.0311. The van der Waals surface area contributed by atoms with Crippen molar-refractivity contribution in [2.75, 3.05) is 11.9 Å². The van der Waals surface area contributed by atoms with Crippen LogP contribution in [0.2, 0.25) is 0 Å². The molecule has 1 amide bonds. The zero-order valence-corrected chi connectivity index (χ0v) is 15.8. The molecular weight excluding hydrogens is 366 g/mol. The zero-order valence-electron chi connectivity index (χ0n) is 14.2. The van der Waals surface area contributed by atoms with Gasteiger partial charge in [0.05, 0.1) is 6.61 Å². The Morgan fingerprint density at radius 3 is 2.75 bits per heavy atom. The van der Waals surface area contributed by atoms with Crippen molar-refractivity contribution in [2.24, 2.45) is 0 Å². The quantitative estimate of drug-likeness (QED) is 0.582. The van der Waals surface area contributed by atoms with Gasteiger partial charge >= 0.3 is 0 Å². The van der Waals surface area contributed by atoms with Crippen LogP contribution in [0.5, 0.6) is 5.75 Å². The number of hydrogen-bond donors (Lipinski definition) is 1. The molecule has 1 N–H and O–H groups in total. The third-order valence-corrected chi connectivity index (χ3v) is 4.48. The molecule has 0 heterocycles. The van der Waals surface area contributed by atoms with Gasteiger partial charge in [-0.2, -0.15) is 0 Å². The van der Waals surface area contributed by atoms with E-state index in [2.05, 4.69) is 41.2 Å². The first-order valence-corrected chi connectivity index (χ1v) is 9.16. The Morgan fingerprint density at radius 1 is 1.21 bits per heavy atom. The number of halogens is 1. The van der Waals surface area contributed by atoms with Crippen LogP contribution in [0.15, 0.2) is 53.0 Å². The first kappa shape index (κ1) is 18.5. The molecule has 4 heteroatoms. The van der Waals surface area contributed by atoms with Gasteiger partial charge in [-0.25, -0.2) is 0 Å². The second kappa shape index (κ2) is 9.48. The molecule has 2 aromatic carbocycles. The molecule has 0 aliphatic carbocycles. The lowest BCUT2D eigenvalue weighted by molar-refractivity contribution is -0.116. The highest BCUT2D eigenvalue weighted by atomic mass is 79.9. The molecule has 0 unspecified atom stereocenters. The monoisotopic (exact) mass is 389 g/mol. The molecule has 0 aliphatic heterocycles. The van der Waals surface area contributed by atoms with E-state index in [1.165, 1.54) is 5.56 Å². The maximum absolute atomic E-state index is 12.2. The molecule has 2 rings (SSSR count). The van der Waals surface area contributed by atoms with Crippen molar-refractivity contribution in [3.63, 3.8) is 0 Å². The second-order valence-electron chi connectivity index (χ2n) is 5.85. The van der Waals surface area contributed by atoms with Crippen molar-refractivity contribution in [3.8, 4) is 5.75 Å². The lowest BCUT2D eigenvalue weighted by Gasteiger charge is -2.15. The summed E-state index contributed by atoms with van der Waals surface area (Å²) in [5.41, 5.74) is 2.11. The van der Waals surface area contributed by atoms with Crippen molar-refractivity contribution in [2.45, 2.75) is 39.0 Å². The van der Waals surface area contributed by atoms with E-state index in [0.717, 1.165) is 22.3 Å². The number of nitrogens with one attached hydrogen (secondary N) is 1. The number of hydrogen-bond acceptors (Lipinski definition) is 2. The Labute approximate surface area is 152 Å². The van der Waals surface area contributed by atoms with E-state index in [1.807, 2.05) is 42.5 Å². The maximum Gasteiger partial charge on any atom is 0.224 e. The predicted octanol–water partition coefficient (Wildman–Crippen LogP) is 5.76. The summed E-state index contributed by atoms with van der Waals surface area (Å²) in [5.74, 6) is 1.27. The van der Waals surface area contributed by atoms with Gasteiger partial charge in [0.2, 0.25) is 5.91 Å². The smallest absolute Gasteiger partial charge is 0.224 e. The standard InChI is InChI=1S/C20H24BrNO2/c1-3-15(2)18-10-4-5-11-19(18)22-20(23)12-7-13-24-17-9-6-8-16(21)14-17/h4-6,8-11,14-15H,3,7,12-13H2,1-2H3,(H,22,23)/t15-/m1/s1. The Morgan fingerprint density at radius 2 is 2.00 bits per heavy atom. The number of amides is 1. The van der Waals surface area contributed by atoms with E-state index in [-0.39, 0.29) is 5.91 Å². The summed E-state index contributed by atoms with van der Waals surface area (Å²) < 4.78 is 6.64. The number of para-hydroxylation sites is 1. The molecule has 0 aromatic heterocycles. The van der Waals surface area contributed by atoms with Crippen molar-refractivity contribution >= 4 is 27.5 Å². The molecule has 0 radical (unpaired) electrons. The predicted molar refractivity (Wildman–Crippen MR) is 103 cm³/mol. The van der Waals surface area contributed by atoms with Crippen LogP contribution in [0.25, 0.3) is 0 Å². The largest absolute Gasteiger partial charge is 0.494 e. The zero-order chi connectivity index (χ0) is 17.4. The number of ether oxygens (including phenoxy) is 1. The summed E-state index contributed by atoms with van der Waals surface area (Å²) in [6.45, 7) is 4.86. The lowest BCUT2D eigenvalue weighted by atomic mass is 9.97. The van der Waals surface area contributed by atoms with Crippen LogP contribution in [0.1, 0.15) is 44.6 Å². The molecule has 0 aliphatic rings. The molecule has 128 valence electrons. The topological polar surface area (TPSA) is 38.3 Å². The molecule has 3 nitrogen and oxygen atoms in total. The molecule has 0 saturated heterocycles. The Bertz CT molecular complexity index is 672. The van der Waals surface area contributed by atoms with Crippen molar-refractivity contribution < 1.29 is 9.53 Å². The normalized spacial score (nSPS) is 11.8. The lowest BCUT2D eigenvalue weighted by Crippen LogP contribution is -2.14. The highest BCUT2D eigenvalue weighted by Gasteiger charge is 2.10. The highest BCUT2D eigenvalue weighted by molar-refractivity contribution is 9.10. The fraction of sp³-hybridized carbons (Fsp3) is 0.350. The van der Waals surface area contributed by atoms with Crippen LogP contribution in [-0.2, 0) is 4.79 Å². The molecule has 2 aromatic rings. The summed E-state index contributed by atoms with van der Waals surface area (Å²) >= 11 is 3.41. The van der Waals surface area contributed by atoms with E-state index in [0.29, 0.717) is 25.4 Å². The molecule has 24 heavy (non-hydrogen) atoms.